The van der Waals surface area contributed by atoms with Crippen LogP contribution >= 0.6 is 34.4 Å². The van der Waals surface area contributed by atoms with Gasteiger partial charge in [-0.2, -0.15) is 0 Å². The summed E-state index contributed by atoms with van der Waals surface area (Å²) in [6.45, 7) is 9.90. The Morgan fingerprint density at radius 1 is 1.00 bits per heavy atom. The van der Waals surface area contributed by atoms with Crippen LogP contribution < -0.4 is 26.6 Å². The number of unbranched alkanes of at least 4 members (excludes halogenated alkanes) is 2. The van der Waals surface area contributed by atoms with Crippen LogP contribution in [0.3, 0.4) is 0 Å². The Bertz CT molecular complexity index is 1930. The van der Waals surface area contributed by atoms with Crippen molar-refractivity contribution >= 4 is 75.0 Å². The second-order valence-corrected chi connectivity index (χ2v) is 18.8. The number of nitrogens with one attached hydrogen (secondary N) is 5. The largest absolute Gasteiger partial charge is 0.444 e. The third kappa shape index (κ3) is 11.7. The number of oxazole rings is 1. The summed E-state index contributed by atoms with van der Waals surface area (Å²) < 4.78 is 6.83. The van der Waals surface area contributed by atoms with Crippen LogP contribution in [0.5, 0.6) is 0 Å². The molecular formula is C38H51N9O7S3. The molecule has 3 aromatic heterocycles. The molecule has 3 aliphatic heterocycles. The third-order valence-corrected chi connectivity index (χ3v) is 13.3. The molecule has 6 amide bonds. The topological polar surface area (TPSA) is 208 Å². The van der Waals surface area contributed by atoms with Gasteiger partial charge in [0.25, 0.3) is 5.91 Å². The summed E-state index contributed by atoms with van der Waals surface area (Å²) in [5.41, 5.74) is 1.29. The average molecular weight is 842 g/mol. The van der Waals surface area contributed by atoms with Crippen molar-refractivity contribution < 1.29 is 33.2 Å². The molecule has 308 valence electrons. The van der Waals surface area contributed by atoms with E-state index >= 15 is 0 Å². The third-order valence-electron chi connectivity index (χ3n) is 10.1. The number of imide groups is 1. The summed E-state index contributed by atoms with van der Waals surface area (Å²) >= 11 is 4.42. The van der Waals surface area contributed by atoms with Crippen LogP contribution in [0.4, 0.5) is 5.13 Å². The number of thioether (sulfide) groups is 1. The molecule has 0 radical (unpaired) electrons. The first-order valence-corrected chi connectivity index (χ1v) is 22.1. The fourth-order valence-corrected chi connectivity index (χ4v) is 9.54. The quantitative estimate of drug-likeness (QED) is 0.0710. The first-order valence-electron chi connectivity index (χ1n) is 19.4. The Kier molecular flexibility index (Phi) is 14.5. The SMILES string of the molecule is CC(C)(C)c1cnc(CSc2cnc(NC(=O)C3CCN(CC(=O)NCCCCCNCC(=O)NCc4scc5c4CN(C4CCC(=O)NC4=O)C5=O)CC3)s2)o1. The Morgan fingerprint density at radius 3 is 2.54 bits per heavy atom. The number of thiophene rings is 1. The summed E-state index contributed by atoms with van der Waals surface area (Å²) in [7, 11) is 0. The standard InChI is InChI=1S/C38H51N9O7S3/c1-38(2,3)28-16-42-32(54-28)22-56-33-18-43-37(57-33)45-34(51)23-9-13-46(14-10-23)20-31(50)40-12-6-4-5-11-39-17-30(49)41-15-27-24-19-47(36(53)25(24)21-55-27)26-7-8-29(48)44-35(26)52/h16,18,21,23,26,39H,4-15,17,19-20,22H2,1-3H3,(H,40,50)(H,41,49)(H,43,45,51)(H,44,48,52). The lowest BCUT2D eigenvalue weighted by Gasteiger charge is -2.30. The number of fused-ring (bicyclic) bond motifs is 1. The lowest BCUT2D eigenvalue weighted by Crippen LogP contribution is -2.52. The summed E-state index contributed by atoms with van der Waals surface area (Å²) in [5, 5.41) is 16.7. The van der Waals surface area contributed by atoms with Crippen molar-refractivity contribution in [3.05, 3.63) is 45.4 Å². The van der Waals surface area contributed by atoms with Crippen molar-refractivity contribution in [3.63, 3.8) is 0 Å². The van der Waals surface area contributed by atoms with Crippen molar-refractivity contribution in [2.24, 2.45) is 5.92 Å². The van der Waals surface area contributed by atoms with Crippen molar-refractivity contribution in [2.45, 2.75) is 100 Å². The zero-order chi connectivity index (χ0) is 40.5. The van der Waals surface area contributed by atoms with Crippen LogP contribution in [0, 0.1) is 5.92 Å². The zero-order valence-corrected chi connectivity index (χ0v) is 35.0. The fraction of sp³-hybridized carbons (Fsp3) is 0.579. The molecule has 1 atom stereocenters. The lowest BCUT2D eigenvalue weighted by molar-refractivity contribution is -0.137. The molecule has 0 bridgehead atoms. The van der Waals surface area contributed by atoms with Crippen LogP contribution in [-0.4, -0.2) is 101 Å². The number of thiazole rings is 1. The number of hydrogen-bond acceptors (Lipinski definition) is 14. The molecule has 6 heterocycles. The van der Waals surface area contributed by atoms with E-state index in [1.807, 2.05) is 0 Å². The number of carbonyl (C=O) groups is 6. The van der Waals surface area contributed by atoms with Crippen LogP contribution in [0.2, 0.25) is 0 Å². The maximum absolute atomic E-state index is 12.9. The van der Waals surface area contributed by atoms with Gasteiger partial charge in [-0.1, -0.05) is 38.5 Å². The van der Waals surface area contributed by atoms with Crippen molar-refractivity contribution in [1.82, 2.24) is 41.0 Å². The minimum absolute atomic E-state index is 0.0238. The molecular weight excluding hydrogens is 791 g/mol. The van der Waals surface area contributed by atoms with E-state index in [-0.39, 0.29) is 60.4 Å². The number of anilines is 1. The van der Waals surface area contributed by atoms with Gasteiger partial charge in [-0.3, -0.25) is 39.0 Å². The number of aromatic nitrogens is 2. The van der Waals surface area contributed by atoms with Crippen molar-refractivity contribution in [3.8, 4) is 0 Å². The van der Waals surface area contributed by atoms with Gasteiger partial charge in [0.1, 0.15) is 11.8 Å². The van der Waals surface area contributed by atoms with E-state index in [0.29, 0.717) is 80.9 Å². The molecule has 2 fully saturated rings. The summed E-state index contributed by atoms with van der Waals surface area (Å²) in [6.07, 6.45) is 7.99. The summed E-state index contributed by atoms with van der Waals surface area (Å²) in [4.78, 5) is 87.9. The van der Waals surface area contributed by atoms with E-state index in [2.05, 4.69) is 62.2 Å². The average Bonchev–Trinajstić information content (AvgIpc) is 3.98. The van der Waals surface area contributed by atoms with E-state index in [0.717, 1.165) is 39.7 Å². The maximum Gasteiger partial charge on any atom is 0.256 e. The predicted molar refractivity (Wildman–Crippen MR) is 217 cm³/mol. The summed E-state index contributed by atoms with van der Waals surface area (Å²) in [5.74, 6) is 0.771. The van der Waals surface area contributed by atoms with Gasteiger partial charge in [-0.15, -0.1) is 23.1 Å². The number of rotatable bonds is 18. The first kappa shape index (κ1) is 42.4. The Hall–Kier alpha value is -4.17. The second-order valence-electron chi connectivity index (χ2n) is 15.5. The van der Waals surface area contributed by atoms with Crippen LogP contribution in [0.15, 0.2) is 26.4 Å². The number of carbonyl (C=O) groups excluding carboxylic acids is 6. The van der Waals surface area contributed by atoms with Crippen LogP contribution in [0.25, 0.3) is 0 Å². The van der Waals surface area contributed by atoms with E-state index in [1.54, 1.807) is 29.5 Å². The van der Waals surface area contributed by atoms with E-state index < -0.39 is 11.9 Å². The molecule has 57 heavy (non-hydrogen) atoms. The molecule has 0 aromatic carbocycles. The molecule has 5 N–H and O–H groups in total. The number of likely N-dealkylation sites (tertiary alicyclic amines) is 1. The highest BCUT2D eigenvalue weighted by atomic mass is 32.2. The van der Waals surface area contributed by atoms with Crippen LogP contribution in [-0.2, 0) is 48.2 Å². The molecule has 0 aliphatic carbocycles. The molecule has 3 aromatic rings. The Balaban J connectivity index is 0.769. The van der Waals surface area contributed by atoms with Crippen molar-refractivity contribution in [2.75, 3.05) is 44.6 Å². The smallest absolute Gasteiger partial charge is 0.256 e. The van der Waals surface area contributed by atoms with Gasteiger partial charge in [0, 0.05) is 41.1 Å². The maximum atomic E-state index is 12.9. The molecule has 1 unspecified atom stereocenters. The normalized spacial score (nSPS) is 17.8. The molecule has 19 heteroatoms. The first-order chi connectivity index (χ1) is 27.3. The van der Waals surface area contributed by atoms with Gasteiger partial charge in [0.15, 0.2) is 5.13 Å². The number of nitrogens with zero attached hydrogens (tertiary/aromatic N) is 4. The van der Waals surface area contributed by atoms with Gasteiger partial charge in [-0.25, -0.2) is 9.97 Å². The zero-order valence-electron chi connectivity index (χ0n) is 32.6. The highest BCUT2D eigenvalue weighted by Gasteiger charge is 2.40. The highest BCUT2D eigenvalue weighted by molar-refractivity contribution is 8.00. The number of amides is 6. The minimum atomic E-state index is -0.664. The van der Waals surface area contributed by atoms with Gasteiger partial charge in [0.2, 0.25) is 35.4 Å². The molecule has 2 saturated heterocycles. The molecule has 0 saturated carbocycles. The lowest BCUT2D eigenvalue weighted by atomic mass is 9.94. The van der Waals surface area contributed by atoms with E-state index in [1.165, 1.54) is 27.6 Å². The van der Waals surface area contributed by atoms with Gasteiger partial charge < -0.3 is 30.6 Å². The van der Waals surface area contributed by atoms with Gasteiger partial charge in [-0.05, 0) is 57.3 Å². The fourth-order valence-electron chi connectivity index (χ4n) is 6.83. The van der Waals surface area contributed by atoms with Gasteiger partial charge >= 0.3 is 0 Å². The summed E-state index contributed by atoms with van der Waals surface area (Å²) in [6, 6.07) is -0.664. The molecule has 3 aliphatic rings. The Labute approximate surface area is 344 Å². The Morgan fingerprint density at radius 2 is 1.79 bits per heavy atom. The number of piperidine rings is 2. The van der Waals surface area contributed by atoms with E-state index in [9.17, 15) is 28.8 Å². The second kappa shape index (κ2) is 19.5. The monoisotopic (exact) mass is 841 g/mol. The molecule has 16 nitrogen and oxygen atoms in total. The van der Waals surface area contributed by atoms with Crippen LogP contribution in [0.1, 0.15) is 98.2 Å². The molecule has 6 rings (SSSR count). The van der Waals surface area contributed by atoms with Gasteiger partial charge in [0.05, 0.1) is 47.6 Å². The van der Waals surface area contributed by atoms with E-state index in [4.69, 9.17) is 4.42 Å². The minimum Gasteiger partial charge on any atom is -0.444 e. The number of hydrogen-bond donors (Lipinski definition) is 5. The predicted octanol–water partition coefficient (Wildman–Crippen LogP) is 3.39. The molecule has 0 spiro atoms. The van der Waals surface area contributed by atoms with Crippen molar-refractivity contribution in [1.29, 1.82) is 0 Å². The highest BCUT2D eigenvalue weighted by Crippen LogP contribution is 2.34.